The van der Waals surface area contributed by atoms with Gasteiger partial charge in [0.25, 0.3) is 0 Å². The lowest BCUT2D eigenvalue weighted by Crippen LogP contribution is -3.00. The molecular formula is C7H9ClN-. The Bertz CT molecular complexity index is 169. The minimum absolute atomic E-state index is 0. The van der Waals surface area contributed by atoms with Gasteiger partial charge in [-0.25, -0.2) is 0 Å². The molecule has 0 unspecified atom stereocenters. The molecule has 2 heteroatoms. The van der Waals surface area contributed by atoms with Crippen LogP contribution >= 0.6 is 0 Å². The molecule has 1 aromatic carbocycles. The summed E-state index contributed by atoms with van der Waals surface area (Å²) in [7, 11) is 0. The number of nitrogen functional groups attached to an aromatic ring is 1. The van der Waals surface area contributed by atoms with Gasteiger partial charge in [0, 0.05) is 5.69 Å². The molecule has 1 aromatic rings. The summed E-state index contributed by atoms with van der Waals surface area (Å²) < 4.78 is 0. The number of hydrogen-bond donors (Lipinski definition) is 1. The first kappa shape index (κ1) is 8.31. The molecular weight excluding hydrogens is 134 g/mol. The minimum atomic E-state index is 0. The third-order valence-electron chi connectivity index (χ3n) is 1.04. The number of hydrogen-bond acceptors (Lipinski definition) is 1. The van der Waals surface area contributed by atoms with Crippen LogP contribution < -0.4 is 18.1 Å². The van der Waals surface area contributed by atoms with Crippen LogP contribution in [0.1, 0.15) is 5.56 Å². The van der Waals surface area contributed by atoms with Crippen molar-refractivity contribution in [2.45, 2.75) is 6.92 Å². The first-order valence-electron chi connectivity index (χ1n) is 2.61. The maximum atomic E-state index is 5.46. The normalized spacial score (nSPS) is 8.11. The van der Waals surface area contributed by atoms with E-state index >= 15 is 0 Å². The topological polar surface area (TPSA) is 26.0 Å². The lowest BCUT2D eigenvalue weighted by molar-refractivity contribution is -0.00000176. The van der Waals surface area contributed by atoms with Gasteiger partial charge in [0.1, 0.15) is 0 Å². The molecule has 0 aliphatic rings. The van der Waals surface area contributed by atoms with Crippen molar-refractivity contribution in [2.24, 2.45) is 0 Å². The van der Waals surface area contributed by atoms with Crippen LogP contribution in [0.5, 0.6) is 0 Å². The fourth-order valence-electron chi connectivity index (χ4n) is 0.670. The second-order valence-corrected chi connectivity index (χ2v) is 1.91. The molecule has 0 saturated heterocycles. The zero-order valence-electron chi connectivity index (χ0n) is 5.26. The molecule has 9 heavy (non-hydrogen) atoms. The molecule has 0 atom stereocenters. The van der Waals surface area contributed by atoms with Crippen molar-refractivity contribution < 1.29 is 12.4 Å². The predicted molar refractivity (Wildman–Crippen MR) is 35.6 cm³/mol. The van der Waals surface area contributed by atoms with Crippen LogP contribution in [0, 0.1) is 6.92 Å². The average Bonchev–Trinajstić information content (AvgIpc) is 1.64. The Hall–Kier alpha value is -0.690. The highest BCUT2D eigenvalue weighted by Gasteiger charge is 1.81. The summed E-state index contributed by atoms with van der Waals surface area (Å²) in [5.41, 5.74) is 7.51. The molecule has 1 rings (SSSR count). The first-order chi connectivity index (χ1) is 3.79. The Morgan fingerprint density at radius 1 is 1.33 bits per heavy atom. The SMILES string of the molecule is Cc1cccc(N)c1.[Cl-]. The molecule has 0 spiro atoms. The molecule has 0 fully saturated rings. The van der Waals surface area contributed by atoms with Crippen molar-refractivity contribution in [1.29, 1.82) is 0 Å². The number of nitrogens with two attached hydrogens (primary N) is 1. The third-order valence-corrected chi connectivity index (χ3v) is 1.04. The Morgan fingerprint density at radius 3 is 2.33 bits per heavy atom. The molecule has 0 aliphatic heterocycles. The Kier molecular flexibility index (Phi) is 3.10. The Labute approximate surface area is 61.3 Å². The number of aryl methyl sites for hydroxylation is 1. The van der Waals surface area contributed by atoms with Crippen molar-refractivity contribution in [1.82, 2.24) is 0 Å². The highest BCUT2D eigenvalue weighted by Crippen LogP contribution is 2.03. The van der Waals surface area contributed by atoms with Gasteiger partial charge in [0.2, 0.25) is 0 Å². The maximum absolute atomic E-state index is 5.46. The number of benzene rings is 1. The summed E-state index contributed by atoms with van der Waals surface area (Å²) in [6.07, 6.45) is 0. The minimum Gasteiger partial charge on any atom is -1.00 e. The number of anilines is 1. The fraction of sp³-hybridized carbons (Fsp3) is 0.143. The lowest BCUT2D eigenvalue weighted by Gasteiger charge is -1.91. The molecule has 50 valence electrons. The van der Waals surface area contributed by atoms with E-state index in [9.17, 15) is 0 Å². The molecule has 0 aliphatic carbocycles. The first-order valence-corrected chi connectivity index (χ1v) is 2.61. The Balaban J connectivity index is 0.000000640. The van der Waals surface area contributed by atoms with Crippen LogP contribution in [0.2, 0.25) is 0 Å². The molecule has 0 radical (unpaired) electrons. The summed E-state index contributed by atoms with van der Waals surface area (Å²) in [4.78, 5) is 0. The van der Waals surface area contributed by atoms with Gasteiger partial charge < -0.3 is 18.1 Å². The highest BCUT2D eigenvalue weighted by atomic mass is 35.5. The van der Waals surface area contributed by atoms with Gasteiger partial charge in [-0.1, -0.05) is 12.1 Å². The van der Waals surface area contributed by atoms with Gasteiger partial charge >= 0.3 is 0 Å². The van der Waals surface area contributed by atoms with Crippen molar-refractivity contribution in [3.05, 3.63) is 29.8 Å². The van der Waals surface area contributed by atoms with E-state index in [0.717, 1.165) is 5.69 Å². The van der Waals surface area contributed by atoms with Crippen LogP contribution in [-0.2, 0) is 0 Å². The molecule has 0 saturated carbocycles. The van der Waals surface area contributed by atoms with Crippen LogP contribution in [0.3, 0.4) is 0 Å². The van der Waals surface area contributed by atoms with Crippen LogP contribution in [0.4, 0.5) is 5.69 Å². The van der Waals surface area contributed by atoms with E-state index in [-0.39, 0.29) is 12.4 Å². The standard InChI is InChI=1S/C7H9N.ClH/c1-6-3-2-4-7(8)5-6;/h2-5H,8H2,1H3;1H/p-1. The van der Waals surface area contributed by atoms with Crippen molar-refractivity contribution in [3.8, 4) is 0 Å². The predicted octanol–water partition coefficient (Wildman–Crippen LogP) is -1.42. The highest BCUT2D eigenvalue weighted by molar-refractivity contribution is 5.39. The Morgan fingerprint density at radius 2 is 2.00 bits per heavy atom. The quantitative estimate of drug-likeness (QED) is 0.443. The summed E-state index contributed by atoms with van der Waals surface area (Å²) >= 11 is 0. The smallest absolute Gasteiger partial charge is 0.0316 e. The zero-order valence-corrected chi connectivity index (χ0v) is 6.02. The van der Waals surface area contributed by atoms with Crippen LogP contribution in [0.15, 0.2) is 24.3 Å². The number of rotatable bonds is 0. The molecule has 0 bridgehead atoms. The summed E-state index contributed by atoms with van der Waals surface area (Å²) in [5.74, 6) is 0. The van der Waals surface area contributed by atoms with E-state index in [1.807, 2.05) is 31.2 Å². The van der Waals surface area contributed by atoms with Gasteiger partial charge in [0.15, 0.2) is 0 Å². The second-order valence-electron chi connectivity index (χ2n) is 1.91. The zero-order chi connectivity index (χ0) is 5.98. The fourth-order valence-corrected chi connectivity index (χ4v) is 0.670. The van der Waals surface area contributed by atoms with Crippen molar-refractivity contribution in [3.63, 3.8) is 0 Å². The largest absolute Gasteiger partial charge is 1.00 e. The molecule has 0 heterocycles. The van der Waals surface area contributed by atoms with Gasteiger partial charge in [-0.3, -0.25) is 0 Å². The van der Waals surface area contributed by atoms with Gasteiger partial charge in [-0.2, -0.15) is 0 Å². The van der Waals surface area contributed by atoms with Crippen LogP contribution in [0.25, 0.3) is 0 Å². The average molecular weight is 143 g/mol. The third kappa shape index (κ3) is 2.38. The number of halogens is 1. The van der Waals surface area contributed by atoms with E-state index in [2.05, 4.69) is 0 Å². The van der Waals surface area contributed by atoms with Crippen LogP contribution in [-0.4, -0.2) is 0 Å². The monoisotopic (exact) mass is 142 g/mol. The van der Waals surface area contributed by atoms with Gasteiger partial charge in [-0.05, 0) is 24.6 Å². The summed E-state index contributed by atoms with van der Waals surface area (Å²) in [6, 6.07) is 7.80. The summed E-state index contributed by atoms with van der Waals surface area (Å²) in [6.45, 7) is 2.02. The van der Waals surface area contributed by atoms with Crippen molar-refractivity contribution >= 4 is 5.69 Å². The summed E-state index contributed by atoms with van der Waals surface area (Å²) in [5, 5.41) is 0. The van der Waals surface area contributed by atoms with E-state index in [0.29, 0.717) is 0 Å². The maximum Gasteiger partial charge on any atom is 0.0316 e. The van der Waals surface area contributed by atoms with Gasteiger partial charge in [-0.15, -0.1) is 0 Å². The van der Waals surface area contributed by atoms with E-state index in [1.165, 1.54) is 5.56 Å². The molecule has 0 aromatic heterocycles. The molecule has 0 amide bonds. The van der Waals surface area contributed by atoms with E-state index < -0.39 is 0 Å². The molecule has 1 nitrogen and oxygen atoms in total. The van der Waals surface area contributed by atoms with Gasteiger partial charge in [0.05, 0.1) is 0 Å². The van der Waals surface area contributed by atoms with E-state index in [4.69, 9.17) is 5.73 Å². The van der Waals surface area contributed by atoms with Crippen molar-refractivity contribution in [2.75, 3.05) is 5.73 Å². The second kappa shape index (κ2) is 3.36. The van der Waals surface area contributed by atoms with E-state index in [1.54, 1.807) is 0 Å². The molecule has 2 N–H and O–H groups in total. The lowest BCUT2D eigenvalue weighted by atomic mass is 10.2.